The van der Waals surface area contributed by atoms with Gasteiger partial charge in [-0.3, -0.25) is 9.59 Å². The molecule has 184 valence electrons. The van der Waals surface area contributed by atoms with Crippen molar-refractivity contribution in [2.75, 3.05) is 13.2 Å². The Hall–Kier alpha value is -3.75. The second-order valence-electron chi connectivity index (χ2n) is 9.00. The minimum atomic E-state index is -0.751. The van der Waals surface area contributed by atoms with Gasteiger partial charge in [0.1, 0.15) is 5.01 Å². The number of carbonyl (C=O) groups excluding carboxylic acids is 2. The number of aliphatic hydroxyl groups is 1. The van der Waals surface area contributed by atoms with Crippen molar-refractivity contribution < 1.29 is 19.4 Å². The molecular weight excluding hydrogens is 474 g/mol. The van der Waals surface area contributed by atoms with Crippen LogP contribution >= 0.6 is 11.3 Å². The topological polar surface area (TPSA) is 95.5 Å². The Morgan fingerprint density at radius 2 is 1.89 bits per heavy atom. The maximum atomic E-state index is 14.0. The van der Waals surface area contributed by atoms with E-state index in [1.54, 1.807) is 13.1 Å². The summed E-state index contributed by atoms with van der Waals surface area (Å²) < 4.78 is 5.70. The van der Waals surface area contributed by atoms with Gasteiger partial charge in [0.15, 0.2) is 5.76 Å². The lowest BCUT2D eigenvalue weighted by Crippen LogP contribution is -2.34. The number of thiazole rings is 1. The molecule has 0 radical (unpaired) electrons. The third kappa shape index (κ3) is 4.23. The van der Waals surface area contributed by atoms with Crippen LogP contribution in [-0.2, 0) is 9.53 Å². The Bertz CT molecular complexity index is 1470. The highest BCUT2D eigenvalue weighted by atomic mass is 32.1. The number of para-hydroxylation sites is 1. The van der Waals surface area contributed by atoms with Gasteiger partial charge in [0.05, 0.1) is 34.9 Å². The minimum absolute atomic E-state index is 0.00634. The second-order valence-corrected chi connectivity index (χ2v) is 10.0. The molecule has 0 aliphatic carbocycles. The number of amides is 1. The molecule has 0 saturated heterocycles. The van der Waals surface area contributed by atoms with Crippen LogP contribution in [0.2, 0.25) is 0 Å². The number of hydrogen-bond donors (Lipinski definition) is 2. The number of carbonyl (C=O) groups is 2. The van der Waals surface area contributed by atoms with E-state index in [0.29, 0.717) is 15.6 Å². The van der Waals surface area contributed by atoms with E-state index in [-0.39, 0.29) is 30.6 Å². The molecule has 2 aromatic heterocycles. The zero-order valence-corrected chi connectivity index (χ0v) is 21.1. The summed E-state index contributed by atoms with van der Waals surface area (Å²) in [4.78, 5) is 37.0. The number of aryl methyl sites for hydroxylation is 1. The number of aliphatic hydroxyl groups excluding tert-OH is 1. The van der Waals surface area contributed by atoms with E-state index >= 15 is 0 Å². The normalized spacial score (nSPS) is 16.1. The molecule has 1 unspecified atom stereocenters. The zero-order valence-electron chi connectivity index (χ0n) is 20.3. The molecule has 3 heterocycles. The first-order chi connectivity index (χ1) is 17.4. The molecule has 1 aliphatic rings. The number of hydrogen-bond acceptors (Lipinski definition) is 6. The second kappa shape index (κ2) is 9.72. The SMILES string of the molecule is Cc1nc(-c2ccccc2)sc1C(=O)C1=C(O)C(=O)N(CCOC(C)C)C1c1c[nH]c2ccccc12. The fourth-order valence-electron chi connectivity index (χ4n) is 4.58. The van der Waals surface area contributed by atoms with E-state index < -0.39 is 17.7 Å². The van der Waals surface area contributed by atoms with Gasteiger partial charge in [0, 0.05) is 34.8 Å². The zero-order chi connectivity index (χ0) is 25.4. The number of Topliss-reactive ketones (excluding diaryl/α,β-unsaturated/α-hetero) is 1. The van der Waals surface area contributed by atoms with E-state index in [2.05, 4.69) is 9.97 Å². The fourth-order valence-corrected chi connectivity index (χ4v) is 5.61. The summed E-state index contributed by atoms with van der Waals surface area (Å²) in [5.41, 5.74) is 3.18. The molecule has 1 aliphatic heterocycles. The van der Waals surface area contributed by atoms with Gasteiger partial charge in [-0.05, 0) is 26.8 Å². The number of aromatic nitrogens is 2. The Labute approximate surface area is 213 Å². The van der Waals surface area contributed by atoms with Crippen molar-refractivity contribution >= 4 is 33.9 Å². The molecule has 1 atom stereocenters. The van der Waals surface area contributed by atoms with Crippen molar-refractivity contribution in [2.45, 2.75) is 32.9 Å². The van der Waals surface area contributed by atoms with Crippen LogP contribution < -0.4 is 0 Å². The number of nitrogens with one attached hydrogen (secondary N) is 1. The van der Waals surface area contributed by atoms with Crippen LogP contribution in [0.1, 0.15) is 40.8 Å². The maximum absolute atomic E-state index is 14.0. The number of rotatable bonds is 8. The monoisotopic (exact) mass is 501 g/mol. The number of ketones is 1. The molecule has 4 aromatic rings. The predicted octanol–water partition coefficient (Wildman–Crippen LogP) is 5.60. The molecule has 0 fully saturated rings. The molecule has 36 heavy (non-hydrogen) atoms. The lowest BCUT2D eigenvalue weighted by molar-refractivity contribution is -0.130. The highest BCUT2D eigenvalue weighted by Gasteiger charge is 2.45. The van der Waals surface area contributed by atoms with Crippen molar-refractivity contribution in [1.82, 2.24) is 14.9 Å². The number of benzene rings is 2. The molecule has 0 bridgehead atoms. The van der Waals surface area contributed by atoms with Crippen LogP contribution in [0.15, 0.2) is 72.1 Å². The first-order valence-corrected chi connectivity index (χ1v) is 12.7. The number of ether oxygens (including phenoxy) is 1. The summed E-state index contributed by atoms with van der Waals surface area (Å²) >= 11 is 1.27. The number of nitrogens with zero attached hydrogens (tertiary/aromatic N) is 2. The van der Waals surface area contributed by atoms with Gasteiger partial charge in [0.25, 0.3) is 5.91 Å². The van der Waals surface area contributed by atoms with Crippen LogP contribution in [0.4, 0.5) is 0 Å². The Kier molecular flexibility index (Phi) is 6.47. The van der Waals surface area contributed by atoms with Crippen molar-refractivity contribution in [3.63, 3.8) is 0 Å². The van der Waals surface area contributed by atoms with Crippen LogP contribution in [0.3, 0.4) is 0 Å². The summed E-state index contributed by atoms with van der Waals surface area (Å²) in [5, 5.41) is 12.6. The number of fused-ring (bicyclic) bond motifs is 1. The smallest absolute Gasteiger partial charge is 0.290 e. The average Bonchev–Trinajstić information content (AvgIpc) is 3.54. The third-order valence-corrected chi connectivity index (χ3v) is 7.48. The highest BCUT2D eigenvalue weighted by molar-refractivity contribution is 7.17. The predicted molar refractivity (Wildman–Crippen MR) is 140 cm³/mol. The maximum Gasteiger partial charge on any atom is 0.290 e. The van der Waals surface area contributed by atoms with Gasteiger partial charge in [0.2, 0.25) is 5.78 Å². The Morgan fingerprint density at radius 3 is 2.64 bits per heavy atom. The molecule has 5 rings (SSSR count). The molecular formula is C28H27N3O4S. The Morgan fingerprint density at radius 1 is 1.17 bits per heavy atom. The van der Waals surface area contributed by atoms with E-state index in [0.717, 1.165) is 22.0 Å². The summed E-state index contributed by atoms with van der Waals surface area (Å²) in [7, 11) is 0. The van der Waals surface area contributed by atoms with Crippen molar-refractivity contribution in [1.29, 1.82) is 0 Å². The van der Waals surface area contributed by atoms with Gasteiger partial charge >= 0.3 is 0 Å². The standard InChI is InChI=1S/C28H27N3O4S/c1-16(2)35-14-13-31-23(20-15-29-21-12-8-7-11-19(20)21)22(25(33)28(31)34)24(32)26-17(3)30-27(36-26)18-9-5-4-6-10-18/h4-12,15-16,23,29,33H,13-14H2,1-3H3. The third-order valence-electron chi connectivity index (χ3n) is 6.27. The Balaban J connectivity index is 1.58. The van der Waals surface area contributed by atoms with Gasteiger partial charge < -0.3 is 19.7 Å². The molecule has 7 nitrogen and oxygen atoms in total. The molecule has 2 N–H and O–H groups in total. The average molecular weight is 502 g/mol. The van der Waals surface area contributed by atoms with Crippen molar-refractivity contribution in [2.24, 2.45) is 0 Å². The highest BCUT2D eigenvalue weighted by Crippen LogP contribution is 2.43. The van der Waals surface area contributed by atoms with E-state index in [9.17, 15) is 14.7 Å². The molecule has 2 aromatic carbocycles. The van der Waals surface area contributed by atoms with Crippen LogP contribution in [0.5, 0.6) is 0 Å². The van der Waals surface area contributed by atoms with Crippen LogP contribution in [-0.4, -0.2) is 50.9 Å². The first kappa shape index (κ1) is 24.0. The molecule has 8 heteroatoms. The summed E-state index contributed by atoms with van der Waals surface area (Å²) in [6.07, 6.45) is 1.80. The number of H-pyrrole nitrogens is 1. The fraction of sp³-hybridized carbons (Fsp3) is 0.250. The van der Waals surface area contributed by atoms with Crippen LogP contribution in [0, 0.1) is 6.92 Å². The van der Waals surface area contributed by atoms with E-state index in [1.807, 2.05) is 68.4 Å². The summed E-state index contributed by atoms with van der Waals surface area (Å²) in [5.74, 6) is -1.49. The van der Waals surface area contributed by atoms with Crippen molar-refractivity contribution in [3.05, 3.63) is 88.3 Å². The van der Waals surface area contributed by atoms with Crippen LogP contribution in [0.25, 0.3) is 21.5 Å². The molecule has 0 saturated carbocycles. The lowest BCUT2D eigenvalue weighted by Gasteiger charge is -2.26. The van der Waals surface area contributed by atoms with E-state index in [1.165, 1.54) is 16.2 Å². The summed E-state index contributed by atoms with van der Waals surface area (Å²) in [6, 6.07) is 16.6. The first-order valence-electron chi connectivity index (χ1n) is 11.9. The molecule has 0 spiro atoms. The summed E-state index contributed by atoms with van der Waals surface area (Å²) in [6.45, 7) is 6.14. The lowest BCUT2D eigenvalue weighted by atomic mass is 9.94. The van der Waals surface area contributed by atoms with Gasteiger partial charge in [-0.1, -0.05) is 48.5 Å². The van der Waals surface area contributed by atoms with E-state index in [4.69, 9.17) is 4.74 Å². The quantitative estimate of drug-likeness (QED) is 0.306. The van der Waals surface area contributed by atoms with Gasteiger partial charge in [-0.15, -0.1) is 11.3 Å². The number of aromatic amines is 1. The van der Waals surface area contributed by atoms with Gasteiger partial charge in [-0.2, -0.15) is 0 Å². The largest absolute Gasteiger partial charge is 0.503 e. The van der Waals surface area contributed by atoms with Gasteiger partial charge in [-0.25, -0.2) is 4.98 Å². The molecule has 1 amide bonds. The van der Waals surface area contributed by atoms with Crippen molar-refractivity contribution in [3.8, 4) is 10.6 Å². The minimum Gasteiger partial charge on any atom is -0.503 e.